The molecule has 0 aliphatic carbocycles. The molecule has 11 heteroatoms. The van der Waals surface area contributed by atoms with Gasteiger partial charge in [-0.25, -0.2) is 4.98 Å². The van der Waals surface area contributed by atoms with Gasteiger partial charge in [-0.3, -0.25) is 4.57 Å². The van der Waals surface area contributed by atoms with E-state index >= 15 is 0 Å². The van der Waals surface area contributed by atoms with Crippen molar-refractivity contribution in [1.29, 1.82) is 0 Å². The number of anilines is 1. The van der Waals surface area contributed by atoms with Gasteiger partial charge < -0.3 is 35.9 Å². The first-order chi connectivity index (χ1) is 10.9. The zero-order valence-corrected chi connectivity index (χ0v) is 12.7. The first kappa shape index (κ1) is 16.2. The molecular weight excluding hydrogens is 326 g/mol. The standard InChI is InChI=1S/C12H17N5O5S/c13-12-16-10-7(14-3-15-10)11(23)17(12)6-1-4(19)8(20)9(21)5(2-18)22-6/h3-6,8-9,18-21H,1-2H2,(H2,13,16)(H,14,15)/t4-,5-,6?,8-,9-/m1/s1. The molecule has 3 heterocycles. The van der Waals surface area contributed by atoms with Crippen molar-refractivity contribution < 1.29 is 25.2 Å². The summed E-state index contributed by atoms with van der Waals surface area (Å²) < 4.78 is 7.22. The molecule has 0 spiro atoms. The minimum atomic E-state index is -1.46. The van der Waals surface area contributed by atoms with Crippen molar-refractivity contribution in [2.24, 2.45) is 0 Å². The van der Waals surface area contributed by atoms with Gasteiger partial charge in [-0.05, 0) is 0 Å². The van der Waals surface area contributed by atoms with Crippen LogP contribution in [0.4, 0.5) is 5.95 Å². The molecule has 5 atom stereocenters. The van der Waals surface area contributed by atoms with Crippen molar-refractivity contribution in [2.75, 3.05) is 12.3 Å². The monoisotopic (exact) mass is 343 g/mol. The zero-order chi connectivity index (χ0) is 16.7. The summed E-state index contributed by atoms with van der Waals surface area (Å²) in [6, 6.07) is 0. The van der Waals surface area contributed by atoms with Crippen molar-refractivity contribution in [1.82, 2.24) is 19.5 Å². The molecule has 126 valence electrons. The van der Waals surface area contributed by atoms with Crippen LogP contribution in [0.3, 0.4) is 0 Å². The summed E-state index contributed by atoms with van der Waals surface area (Å²) in [7, 11) is 0. The van der Waals surface area contributed by atoms with E-state index in [1.807, 2.05) is 0 Å². The fourth-order valence-electron chi connectivity index (χ4n) is 2.64. The average molecular weight is 343 g/mol. The van der Waals surface area contributed by atoms with Gasteiger partial charge in [-0.2, -0.15) is 4.98 Å². The summed E-state index contributed by atoms with van der Waals surface area (Å²) in [5.74, 6) is 0.00868. The zero-order valence-electron chi connectivity index (χ0n) is 11.9. The van der Waals surface area contributed by atoms with E-state index in [1.165, 1.54) is 10.9 Å². The summed E-state index contributed by atoms with van der Waals surface area (Å²) >= 11 is 5.35. The number of ether oxygens (including phenoxy) is 1. The fourth-order valence-corrected chi connectivity index (χ4v) is 3.00. The van der Waals surface area contributed by atoms with Crippen molar-refractivity contribution in [3.63, 3.8) is 0 Å². The number of hydrogen-bond acceptors (Lipinski definition) is 9. The second-order valence-electron chi connectivity index (χ2n) is 5.34. The molecule has 1 aliphatic rings. The van der Waals surface area contributed by atoms with Crippen LogP contribution in [0.15, 0.2) is 6.33 Å². The number of nitrogens with two attached hydrogens (primary N) is 1. The van der Waals surface area contributed by atoms with Crippen molar-refractivity contribution in [3.8, 4) is 0 Å². The van der Waals surface area contributed by atoms with Crippen LogP contribution in [0.2, 0.25) is 0 Å². The molecule has 1 fully saturated rings. The summed E-state index contributed by atoms with van der Waals surface area (Å²) in [6.45, 7) is -0.547. The topological polar surface area (TPSA) is 163 Å². The molecule has 1 saturated heterocycles. The Morgan fingerprint density at radius 3 is 2.83 bits per heavy atom. The predicted octanol–water partition coefficient (Wildman–Crippen LogP) is -1.57. The van der Waals surface area contributed by atoms with E-state index in [0.717, 1.165) is 0 Å². The highest BCUT2D eigenvalue weighted by Crippen LogP contribution is 2.29. The molecule has 2 aromatic rings. The van der Waals surface area contributed by atoms with Gasteiger partial charge in [0.2, 0.25) is 5.95 Å². The van der Waals surface area contributed by atoms with Gasteiger partial charge in [0, 0.05) is 6.42 Å². The molecule has 7 N–H and O–H groups in total. The number of imidazole rings is 1. The van der Waals surface area contributed by atoms with Gasteiger partial charge in [0.05, 0.1) is 19.0 Å². The Kier molecular flexibility index (Phi) is 4.31. The maximum Gasteiger partial charge on any atom is 0.205 e. The average Bonchev–Trinajstić information content (AvgIpc) is 2.95. The van der Waals surface area contributed by atoms with E-state index in [1.54, 1.807) is 0 Å². The minimum absolute atomic E-state index is 0.00868. The molecule has 1 aliphatic heterocycles. The molecule has 0 bridgehead atoms. The number of fused-ring (bicyclic) bond motifs is 1. The number of H-pyrrole nitrogens is 1. The van der Waals surface area contributed by atoms with Crippen molar-refractivity contribution >= 4 is 29.3 Å². The highest BCUT2D eigenvalue weighted by atomic mass is 32.1. The predicted molar refractivity (Wildman–Crippen MR) is 80.8 cm³/mol. The highest BCUT2D eigenvalue weighted by molar-refractivity contribution is 7.71. The van der Waals surface area contributed by atoms with E-state index in [0.29, 0.717) is 11.2 Å². The number of aliphatic hydroxyl groups is 4. The van der Waals surface area contributed by atoms with Crippen molar-refractivity contribution in [2.45, 2.75) is 37.1 Å². The van der Waals surface area contributed by atoms with Crippen LogP contribution in [0.5, 0.6) is 0 Å². The third kappa shape index (κ3) is 2.71. The summed E-state index contributed by atoms with van der Waals surface area (Å²) in [5.41, 5.74) is 6.73. The lowest BCUT2D eigenvalue weighted by molar-refractivity contribution is -0.131. The number of nitrogen functional groups attached to an aromatic ring is 1. The number of nitrogens with one attached hydrogen (secondary N) is 1. The Labute approximate surface area is 135 Å². The molecule has 1 unspecified atom stereocenters. The lowest BCUT2D eigenvalue weighted by Crippen LogP contribution is -2.44. The van der Waals surface area contributed by atoms with Gasteiger partial charge in [-0.15, -0.1) is 0 Å². The lowest BCUT2D eigenvalue weighted by atomic mass is 10.0. The van der Waals surface area contributed by atoms with Gasteiger partial charge in [0.1, 0.15) is 34.7 Å². The van der Waals surface area contributed by atoms with Crippen LogP contribution in [0.1, 0.15) is 12.6 Å². The third-order valence-corrected chi connectivity index (χ3v) is 4.29. The summed E-state index contributed by atoms with van der Waals surface area (Å²) in [5, 5.41) is 39.2. The van der Waals surface area contributed by atoms with Gasteiger partial charge in [0.25, 0.3) is 0 Å². The van der Waals surface area contributed by atoms with E-state index in [-0.39, 0.29) is 17.0 Å². The first-order valence-electron chi connectivity index (χ1n) is 6.95. The Morgan fingerprint density at radius 1 is 1.39 bits per heavy atom. The maximum absolute atomic E-state index is 10.0. The first-order valence-corrected chi connectivity index (χ1v) is 7.36. The normalized spacial score (nSPS) is 32.1. The molecule has 3 rings (SSSR count). The van der Waals surface area contributed by atoms with E-state index in [9.17, 15) is 20.4 Å². The quantitative estimate of drug-likeness (QED) is 0.354. The van der Waals surface area contributed by atoms with Crippen LogP contribution < -0.4 is 5.73 Å². The van der Waals surface area contributed by atoms with Crippen LogP contribution in [-0.4, -0.2) is 71.0 Å². The lowest BCUT2D eigenvalue weighted by Gasteiger charge is -2.25. The number of rotatable bonds is 2. The van der Waals surface area contributed by atoms with Gasteiger partial charge in [-0.1, -0.05) is 12.2 Å². The minimum Gasteiger partial charge on any atom is -0.394 e. The number of aromatic amines is 1. The Bertz CT molecular complexity index is 764. The molecule has 2 aromatic heterocycles. The van der Waals surface area contributed by atoms with Crippen LogP contribution in [0.25, 0.3) is 11.2 Å². The number of hydrogen-bond donors (Lipinski definition) is 6. The van der Waals surface area contributed by atoms with E-state index in [2.05, 4.69) is 15.0 Å². The summed E-state index contributed by atoms with van der Waals surface area (Å²) in [4.78, 5) is 10.9. The van der Waals surface area contributed by atoms with Crippen LogP contribution >= 0.6 is 12.2 Å². The molecule has 0 saturated carbocycles. The van der Waals surface area contributed by atoms with Crippen LogP contribution in [0, 0.1) is 4.64 Å². The van der Waals surface area contributed by atoms with Gasteiger partial charge in [0.15, 0.2) is 5.65 Å². The van der Waals surface area contributed by atoms with Crippen LogP contribution in [-0.2, 0) is 4.74 Å². The largest absolute Gasteiger partial charge is 0.394 e. The van der Waals surface area contributed by atoms with Gasteiger partial charge >= 0.3 is 0 Å². The maximum atomic E-state index is 10.0. The Morgan fingerprint density at radius 2 is 2.13 bits per heavy atom. The number of nitrogens with zero attached hydrogens (tertiary/aromatic N) is 3. The number of aromatic nitrogens is 4. The van der Waals surface area contributed by atoms with E-state index < -0.39 is 37.3 Å². The SMILES string of the molecule is Nc1nc2nc[nH]c2c(=S)n1C1C[C@@H](O)[C@@H](O)[C@H](O)[C@@H](CO)O1. The third-order valence-electron chi connectivity index (χ3n) is 3.89. The molecule has 0 amide bonds. The molecule has 10 nitrogen and oxygen atoms in total. The Balaban J connectivity index is 2.08. The Hall–Kier alpha value is -1.63. The second-order valence-corrected chi connectivity index (χ2v) is 5.73. The second kappa shape index (κ2) is 6.11. The van der Waals surface area contributed by atoms with E-state index in [4.69, 9.17) is 22.7 Å². The summed E-state index contributed by atoms with van der Waals surface area (Å²) in [6.07, 6.45) is -4.88. The molecule has 0 radical (unpaired) electrons. The highest BCUT2D eigenvalue weighted by Gasteiger charge is 2.39. The van der Waals surface area contributed by atoms with Crippen molar-refractivity contribution in [3.05, 3.63) is 11.0 Å². The molecule has 0 aromatic carbocycles. The number of aliphatic hydroxyl groups excluding tert-OH is 4. The molecule has 23 heavy (non-hydrogen) atoms. The molecular formula is C12H17N5O5S. The fraction of sp³-hybridized carbons (Fsp3) is 0.583. The smallest absolute Gasteiger partial charge is 0.205 e.